The van der Waals surface area contributed by atoms with Gasteiger partial charge >= 0.3 is 5.97 Å². The van der Waals surface area contributed by atoms with E-state index in [4.69, 9.17) is 4.74 Å². The summed E-state index contributed by atoms with van der Waals surface area (Å²) in [7, 11) is 1.37. The van der Waals surface area contributed by atoms with Gasteiger partial charge in [-0.15, -0.1) is 0 Å². The summed E-state index contributed by atoms with van der Waals surface area (Å²) in [6, 6.07) is 1.41. The minimum absolute atomic E-state index is 0.0484. The van der Waals surface area contributed by atoms with Crippen LogP contribution in [-0.2, 0) is 9.53 Å². The van der Waals surface area contributed by atoms with E-state index >= 15 is 0 Å². The fraction of sp³-hybridized carbons (Fsp3) is 0.375. The maximum atomic E-state index is 13.2. The maximum Gasteiger partial charge on any atom is 0.308 e. The van der Waals surface area contributed by atoms with E-state index in [9.17, 15) is 14.0 Å². The molecular formula is C16H16FN3O3. The third kappa shape index (κ3) is 2.74. The molecule has 2 heterocycles. The number of halogens is 1. The Bertz CT molecular complexity index is 766. The molecule has 0 unspecified atom stereocenters. The molecule has 0 bridgehead atoms. The lowest BCUT2D eigenvalue weighted by molar-refractivity contribution is -0.149. The Labute approximate surface area is 132 Å². The number of pyridine rings is 1. The van der Waals surface area contributed by atoms with E-state index in [-0.39, 0.29) is 23.6 Å². The predicted molar refractivity (Wildman–Crippen MR) is 79.3 cm³/mol. The van der Waals surface area contributed by atoms with E-state index in [2.05, 4.69) is 10.1 Å². The number of aryl methyl sites for hydroxylation is 1. The number of hydrogen-bond acceptors (Lipinski definition) is 5. The number of carbonyl (C=O) groups is 2. The van der Waals surface area contributed by atoms with Gasteiger partial charge in [0.15, 0.2) is 6.29 Å². The van der Waals surface area contributed by atoms with Gasteiger partial charge in [-0.05, 0) is 31.4 Å². The molecule has 0 aromatic carbocycles. The van der Waals surface area contributed by atoms with Crippen molar-refractivity contribution in [2.24, 2.45) is 5.92 Å². The molecule has 0 amide bonds. The van der Waals surface area contributed by atoms with Gasteiger partial charge in [0.1, 0.15) is 11.5 Å². The number of carbonyl (C=O) groups excluding carboxylic acids is 2. The topological polar surface area (TPSA) is 74.1 Å². The molecule has 1 aliphatic rings. The lowest BCUT2D eigenvalue weighted by Crippen LogP contribution is -2.33. The number of hydrogen-bond donors (Lipinski definition) is 0. The van der Waals surface area contributed by atoms with Crippen molar-refractivity contribution < 1.29 is 18.7 Å². The maximum absolute atomic E-state index is 13.2. The molecule has 0 saturated heterocycles. The highest BCUT2D eigenvalue weighted by Gasteiger charge is 2.37. The largest absolute Gasteiger partial charge is 0.469 e. The second-order valence-corrected chi connectivity index (χ2v) is 5.69. The molecule has 2 aromatic rings. The lowest BCUT2D eigenvalue weighted by Gasteiger charge is -2.33. The molecule has 1 fully saturated rings. The normalized spacial score (nSPS) is 20.0. The zero-order valence-electron chi connectivity index (χ0n) is 12.8. The van der Waals surface area contributed by atoms with Crippen LogP contribution >= 0.6 is 0 Å². The molecule has 2 aromatic heterocycles. The third-order valence-corrected chi connectivity index (χ3v) is 4.19. The van der Waals surface area contributed by atoms with Gasteiger partial charge in [0, 0.05) is 11.8 Å². The summed E-state index contributed by atoms with van der Waals surface area (Å²) >= 11 is 0. The molecule has 1 saturated carbocycles. The van der Waals surface area contributed by atoms with Gasteiger partial charge in [-0.1, -0.05) is 0 Å². The summed E-state index contributed by atoms with van der Waals surface area (Å²) in [4.78, 5) is 26.8. The lowest BCUT2D eigenvalue weighted by atomic mass is 9.80. The van der Waals surface area contributed by atoms with Crippen molar-refractivity contribution in [2.45, 2.75) is 25.8 Å². The molecule has 1 aliphatic carbocycles. The van der Waals surface area contributed by atoms with E-state index < -0.39 is 5.82 Å². The number of aromatic nitrogens is 3. The molecule has 0 spiro atoms. The number of aldehydes is 1. The second-order valence-electron chi connectivity index (χ2n) is 5.69. The predicted octanol–water partition coefficient (Wildman–Crippen LogP) is 2.33. The van der Waals surface area contributed by atoms with Crippen LogP contribution in [0.2, 0.25) is 0 Å². The van der Waals surface area contributed by atoms with Crippen molar-refractivity contribution in [3.8, 4) is 11.3 Å². The Morgan fingerprint density at radius 2 is 2.22 bits per heavy atom. The summed E-state index contributed by atoms with van der Waals surface area (Å²) in [5.74, 6) is -0.769. The molecular weight excluding hydrogens is 301 g/mol. The van der Waals surface area contributed by atoms with E-state index in [1.54, 1.807) is 17.8 Å². The Balaban J connectivity index is 1.87. The van der Waals surface area contributed by atoms with Crippen LogP contribution in [0.4, 0.5) is 4.39 Å². The van der Waals surface area contributed by atoms with Crippen molar-refractivity contribution in [1.82, 2.24) is 14.8 Å². The van der Waals surface area contributed by atoms with Crippen LogP contribution in [0.15, 0.2) is 18.5 Å². The second kappa shape index (κ2) is 5.91. The standard InChI is InChI=1S/C16H16FN3O3/c1-9-3-11(17)6-18-15(9)13-7-20(19-14(13)8-21)12-4-10(5-12)16(22)23-2/h3,6-8,10,12H,4-5H2,1-2H3. The zero-order chi connectivity index (χ0) is 16.6. The van der Waals surface area contributed by atoms with Gasteiger partial charge in [0.05, 0.1) is 31.0 Å². The summed E-state index contributed by atoms with van der Waals surface area (Å²) in [6.07, 6.45) is 4.76. The number of ether oxygens (including phenoxy) is 1. The van der Waals surface area contributed by atoms with Crippen LogP contribution in [0.1, 0.15) is 34.9 Å². The van der Waals surface area contributed by atoms with Crippen LogP contribution in [0, 0.1) is 18.7 Å². The first-order valence-corrected chi connectivity index (χ1v) is 7.28. The van der Waals surface area contributed by atoms with Crippen molar-refractivity contribution in [2.75, 3.05) is 7.11 Å². The van der Waals surface area contributed by atoms with Crippen LogP contribution in [0.3, 0.4) is 0 Å². The van der Waals surface area contributed by atoms with Crippen molar-refractivity contribution >= 4 is 12.3 Å². The van der Waals surface area contributed by atoms with Crippen LogP contribution in [0.25, 0.3) is 11.3 Å². The fourth-order valence-corrected chi connectivity index (χ4v) is 2.85. The number of methoxy groups -OCH3 is 1. The molecule has 7 heteroatoms. The molecule has 23 heavy (non-hydrogen) atoms. The van der Waals surface area contributed by atoms with Gasteiger partial charge in [-0.25, -0.2) is 4.39 Å². The summed E-state index contributed by atoms with van der Waals surface area (Å²) in [5, 5.41) is 4.27. The molecule has 0 N–H and O–H groups in total. The van der Waals surface area contributed by atoms with Crippen LogP contribution in [-0.4, -0.2) is 34.1 Å². The summed E-state index contributed by atoms with van der Waals surface area (Å²) < 4.78 is 19.6. The van der Waals surface area contributed by atoms with Crippen LogP contribution in [0.5, 0.6) is 0 Å². The first kappa shape index (κ1) is 15.3. The highest BCUT2D eigenvalue weighted by molar-refractivity contribution is 5.84. The Hall–Kier alpha value is -2.57. The van der Waals surface area contributed by atoms with E-state index in [0.717, 1.165) is 6.20 Å². The fourth-order valence-electron chi connectivity index (χ4n) is 2.85. The van der Waals surface area contributed by atoms with Gasteiger partial charge < -0.3 is 4.74 Å². The zero-order valence-corrected chi connectivity index (χ0v) is 12.8. The highest BCUT2D eigenvalue weighted by atomic mass is 19.1. The van der Waals surface area contributed by atoms with E-state index in [0.29, 0.717) is 35.9 Å². The molecule has 0 radical (unpaired) electrons. The molecule has 120 valence electrons. The van der Waals surface area contributed by atoms with Gasteiger partial charge in [-0.3, -0.25) is 19.3 Å². The summed E-state index contributed by atoms with van der Waals surface area (Å²) in [6.45, 7) is 1.73. The van der Waals surface area contributed by atoms with Gasteiger partial charge in [-0.2, -0.15) is 5.10 Å². The van der Waals surface area contributed by atoms with E-state index in [1.807, 2.05) is 0 Å². The minimum Gasteiger partial charge on any atom is -0.469 e. The quantitative estimate of drug-likeness (QED) is 0.639. The average molecular weight is 317 g/mol. The Morgan fingerprint density at radius 3 is 2.83 bits per heavy atom. The average Bonchev–Trinajstić information content (AvgIpc) is 2.89. The number of rotatable bonds is 4. The SMILES string of the molecule is COC(=O)C1CC(n2cc(-c3ncc(F)cc3C)c(C=O)n2)C1. The van der Waals surface area contributed by atoms with E-state index in [1.165, 1.54) is 13.2 Å². The van der Waals surface area contributed by atoms with Crippen molar-refractivity contribution in [3.05, 3.63) is 35.5 Å². The van der Waals surface area contributed by atoms with Crippen molar-refractivity contribution in [3.63, 3.8) is 0 Å². The summed E-state index contributed by atoms with van der Waals surface area (Å²) in [5.41, 5.74) is 1.99. The Kier molecular flexibility index (Phi) is 3.94. The first-order valence-electron chi connectivity index (χ1n) is 7.28. The molecule has 6 nitrogen and oxygen atoms in total. The van der Waals surface area contributed by atoms with Gasteiger partial charge in [0.2, 0.25) is 0 Å². The monoisotopic (exact) mass is 317 g/mol. The van der Waals surface area contributed by atoms with Crippen LogP contribution < -0.4 is 0 Å². The van der Waals surface area contributed by atoms with Crippen molar-refractivity contribution in [1.29, 1.82) is 0 Å². The number of nitrogens with zero attached hydrogens (tertiary/aromatic N) is 3. The minimum atomic E-state index is -0.425. The molecule has 0 atom stereocenters. The third-order valence-electron chi connectivity index (χ3n) is 4.19. The molecule has 0 aliphatic heterocycles. The molecule has 3 rings (SSSR count). The highest BCUT2D eigenvalue weighted by Crippen LogP contribution is 2.39. The smallest absolute Gasteiger partial charge is 0.308 e. The van der Waals surface area contributed by atoms with Gasteiger partial charge in [0.25, 0.3) is 0 Å². The Morgan fingerprint density at radius 1 is 1.48 bits per heavy atom. The number of esters is 1. The first-order chi connectivity index (χ1) is 11.0.